The highest BCUT2D eigenvalue weighted by Gasteiger charge is 2.22. The summed E-state index contributed by atoms with van der Waals surface area (Å²) in [5, 5.41) is 2.84. The zero-order valence-corrected chi connectivity index (χ0v) is 8.57. The van der Waals surface area contributed by atoms with Crippen LogP contribution in [-0.2, 0) is 11.3 Å². The van der Waals surface area contributed by atoms with E-state index in [1.807, 2.05) is 12.1 Å². The molecular weight excluding hydrogens is 188 g/mol. The lowest BCUT2D eigenvalue weighted by Gasteiger charge is -2.08. The molecule has 15 heavy (non-hydrogen) atoms. The van der Waals surface area contributed by atoms with E-state index in [4.69, 9.17) is 0 Å². The number of aliphatic imine (C=N–C) groups is 1. The summed E-state index contributed by atoms with van der Waals surface area (Å²) in [5.74, 6) is 0.467. The first-order valence-electron chi connectivity index (χ1n) is 5.07. The van der Waals surface area contributed by atoms with Gasteiger partial charge in [-0.3, -0.25) is 9.79 Å². The smallest absolute Gasteiger partial charge is 0.220 e. The normalized spacial score (nSPS) is 20.0. The van der Waals surface area contributed by atoms with Gasteiger partial charge in [0.1, 0.15) is 0 Å². The molecule has 1 aromatic carbocycles. The second kappa shape index (κ2) is 4.26. The molecule has 0 radical (unpaired) electrons. The fraction of sp³-hybridized carbons (Fsp3) is 0.333. The molecule has 1 amide bonds. The van der Waals surface area contributed by atoms with Crippen molar-refractivity contribution in [3.8, 4) is 0 Å². The third-order valence-corrected chi connectivity index (χ3v) is 2.69. The van der Waals surface area contributed by atoms with Crippen molar-refractivity contribution in [2.75, 3.05) is 6.54 Å². The largest absolute Gasteiger partial charge is 0.355 e. The van der Waals surface area contributed by atoms with Gasteiger partial charge in [-0.1, -0.05) is 24.3 Å². The molecule has 0 spiro atoms. The van der Waals surface area contributed by atoms with E-state index in [2.05, 4.69) is 29.2 Å². The molecule has 1 aliphatic rings. The number of nitrogens with zero attached hydrogens (tertiary/aromatic N) is 1. The first kappa shape index (κ1) is 9.90. The Hall–Kier alpha value is -1.64. The number of benzene rings is 1. The topological polar surface area (TPSA) is 41.5 Å². The summed E-state index contributed by atoms with van der Waals surface area (Å²) >= 11 is 0. The van der Waals surface area contributed by atoms with E-state index in [0.29, 0.717) is 18.9 Å². The number of carbonyl (C=O) groups excluding carboxylic acids is 1. The van der Waals surface area contributed by atoms with Crippen molar-refractivity contribution in [3.05, 3.63) is 35.4 Å². The van der Waals surface area contributed by atoms with Crippen LogP contribution in [0.5, 0.6) is 0 Å². The number of hydrogen-bond acceptors (Lipinski definition) is 2. The van der Waals surface area contributed by atoms with Crippen LogP contribution >= 0.6 is 0 Å². The Balaban J connectivity index is 2.17. The average Bonchev–Trinajstić information content (AvgIpc) is 2.66. The van der Waals surface area contributed by atoms with Gasteiger partial charge in [0.2, 0.25) is 5.91 Å². The summed E-state index contributed by atoms with van der Waals surface area (Å²) in [6.07, 6.45) is 0.602. The van der Waals surface area contributed by atoms with E-state index >= 15 is 0 Å². The molecule has 1 saturated heterocycles. The van der Waals surface area contributed by atoms with Crippen LogP contribution in [0.15, 0.2) is 29.3 Å². The number of hydrogen-bond donors (Lipinski definition) is 1. The summed E-state index contributed by atoms with van der Waals surface area (Å²) in [6, 6.07) is 8.22. The van der Waals surface area contributed by atoms with Crippen LogP contribution in [0, 0.1) is 0 Å². The zero-order valence-electron chi connectivity index (χ0n) is 8.57. The van der Waals surface area contributed by atoms with Gasteiger partial charge < -0.3 is 5.32 Å². The van der Waals surface area contributed by atoms with E-state index in [-0.39, 0.29) is 5.91 Å². The fourth-order valence-electron chi connectivity index (χ4n) is 1.92. The third kappa shape index (κ3) is 2.24. The predicted molar refractivity (Wildman–Crippen MR) is 60.1 cm³/mol. The van der Waals surface area contributed by atoms with E-state index in [1.54, 1.807) is 0 Å². The Bertz CT molecular complexity index is 387. The number of amides is 1. The van der Waals surface area contributed by atoms with Crippen molar-refractivity contribution in [1.82, 2.24) is 5.32 Å². The van der Waals surface area contributed by atoms with E-state index in [9.17, 15) is 4.79 Å². The second-order valence-corrected chi connectivity index (χ2v) is 3.83. The van der Waals surface area contributed by atoms with Gasteiger partial charge in [-0.05, 0) is 17.8 Å². The quantitative estimate of drug-likeness (QED) is 0.741. The van der Waals surface area contributed by atoms with E-state index in [1.165, 1.54) is 5.56 Å². The summed E-state index contributed by atoms with van der Waals surface area (Å²) in [6.45, 7) is 4.87. The van der Waals surface area contributed by atoms with Crippen molar-refractivity contribution < 1.29 is 4.79 Å². The Morgan fingerprint density at radius 1 is 1.53 bits per heavy atom. The molecular formula is C12H14N2O. The zero-order chi connectivity index (χ0) is 10.7. The van der Waals surface area contributed by atoms with Crippen LogP contribution in [0.25, 0.3) is 0 Å². The molecule has 2 rings (SSSR count). The van der Waals surface area contributed by atoms with Crippen molar-refractivity contribution in [2.45, 2.75) is 18.9 Å². The maximum atomic E-state index is 11.1. The van der Waals surface area contributed by atoms with Crippen LogP contribution in [0.2, 0.25) is 0 Å². The van der Waals surface area contributed by atoms with Gasteiger partial charge in [0.05, 0.1) is 6.54 Å². The molecule has 1 aromatic rings. The van der Waals surface area contributed by atoms with Gasteiger partial charge in [0, 0.05) is 18.9 Å². The van der Waals surface area contributed by atoms with Crippen molar-refractivity contribution in [1.29, 1.82) is 0 Å². The molecule has 1 N–H and O–H groups in total. The first-order chi connectivity index (χ1) is 7.29. The predicted octanol–water partition coefficient (Wildman–Crippen LogP) is 1.49. The third-order valence-electron chi connectivity index (χ3n) is 2.69. The minimum absolute atomic E-state index is 0.146. The summed E-state index contributed by atoms with van der Waals surface area (Å²) in [4.78, 5) is 15.0. The molecule has 3 heteroatoms. The van der Waals surface area contributed by atoms with Crippen molar-refractivity contribution in [2.24, 2.45) is 4.99 Å². The van der Waals surface area contributed by atoms with Crippen LogP contribution in [0.3, 0.4) is 0 Å². The summed E-state index contributed by atoms with van der Waals surface area (Å²) < 4.78 is 0. The van der Waals surface area contributed by atoms with Gasteiger partial charge >= 0.3 is 0 Å². The molecule has 0 aromatic heterocycles. The van der Waals surface area contributed by atoms with E-state index in [0.717, 1.165) is 12.1 Å². The second-order valence-electron chi connectivity index (χ2n) is 3.83. The summed E-state index contributed by atoms with van der Waals surface area (Å²) in [7, 11) is 0. The number of rotatable bonds is 3. The standard InChI is InChI=1S/C12H14N2O/c1-13-7-9-3-2-4-10(5-9)11-6-12(15)14-8-11/h2-5,11H,1,6-8H2,(H,14,15)/t11-/m0/s1. The Kier molecular flexibility index (Phi) is 2.81. The number of carbonyl (C=O) groups is 1. The molecule has 0 saturated carbocycles. The van der Waals surface area contributed by atoms with Crippen LogP contribution < -0.4 is 5.32 Å². The molecule has 1 aliphatic heterocycles. The molecule has 1 atom stereocenters. The Morgan fingerprint density at radius 2 is 2.40 bits per heavy atom. The minimum Gasteiger partial charge on any atom is -0.355 e. The van der Waals surface area contributed by atoms with Gasteiger partial charge in [0.15, 0.2) is 0 Å². The fourth-order valence-corrected chi connectivity index (χ4v) is 1.92. The average molecular weight is 202 g/mol. The maximum absolute atomic E-state index is 11.1. The van der Waals surface area contributed by atoms with Crippen LogP contribution in [-0.4, -0.2) is 19.2 Å². The maximum Gasteiger partial charge on any atom is 0.220 e. The Labute approximate surface area is 89.2 Å². The number of nitrogens with one attached hydrogen (secondary N) is 1. The summed E-state index contributed by atoms with van der Waals surface area (Å²) in [5.41, 5.74) is 2.37. The van der Waals surface area contributed by atoms with Gasteiger partial charge in [-0.25, -0.2) is 0 Å². The van der Waals surface area contributed by atoms with E-state index < -0.39 is 0 Å². The van der Waals surface area contributed by atoms with Gasteiger partial charge in [-0.2, -0.15) is 0 Å². The van der Waals surface area contributed by atoms with Crippen LogP contribution in [0.1, 0.15) is 23.5 Å². The lowest BCUT2D eigenvalue weighted by Crippen LogP contribution is -2.13. The van der Waals surface area contributed by atoms with Crippen molar-refractivity contribution in [3.63, 3.8) is 0 Å². The molecule has 0 unspecified atom stereocenters. The SMILES string of the molecule is C=NCc1cccc([C@@H]2CNC(=O)C2)c1. The van der Waals surface area contributed by atoms with Crippen molar-refractivity contribution >= 4 is 12.6 Å². The first-order valence-corrected chi connectivity index (χ1v) is 5.07. The molecule has 1 fully saturated rings. The lowest BCUT2D eigenvalue weighted by atomic mass is 9.96. The molecule has 0 bridgehead atoms. The highest BCUT2D eigenvalue weighted by Crippen LogP contribution is 2.23. The lowest BCUT2D eigenvalue weighted by molar-refractivity contribution is -0.119. The molecule has 0 aliphatic carbocycles. The minimum atomic E-state index is 0.146. The van der Waals surface area contributed by atoms with Gasteiger partial charge in [-0.15, -0.1) is 0 Å². The molecule has 3 nitrogen and oxygen atoms in total. The highest BCUT2D eigenvalue weighted by molar-refractivity contribution is 5.79. The monoisotopic (exact) mass is 202 g/mol. The molecule has 78 valence electrons. The molecule has 1 heterocycles. The van der Waals surface area contributed by atoms with Gasteiger partial charge in [0.25, 0.3) is 0 Å². The Morgan fingerprint density at radius 3 is 3.07 bits per heavy atom. The van der Waals surface area contributed by atoms with Crippen LogP contribution in [0.4, 0.5) is 0 Å². The highest BCUT2D eigenvalue weighted by atomic mass is 16.1.